The van der Waals surface area contributed by atoms with Crippen molar-refractivity contribution in [1.82, 2.24) is 9.97 Å². The van der Waals surface area contributed by atoms with Crippen LogP contribution in [0.1, 0.15) is 17.4 Å². The highest BCUT2D eigenvalue weighted by Gasteiger charge is 2.19. The van der Waals surface area contributed by atoms with Gasteiger partial charge in [0, 0.05) is 16.0 Å². The zero-order valence-electron chi connectivity index (χ0n) is 15.5. The van der Waals surface area contributed by atoms with E-state index in [1.807, 2.05) is 55.5 Å². The van der Waals surface area contributed by atoms with Gasteiger partial charge in [0.1, 0.15) is 16.4 Å². The SMILES string of the molecule is CCc1sc2nc(-c3ccccc3C)[nH]c(=O)c2c1-c1cccc(OC)c1. The summed E-state index contributed by atoms with van der Waals surface area (Å²) in [5.41, 5.74) is 3.87. The minimum Gasteiger partial charge on any atom is -0.497 e. The third kappa shape index (κ3) is 3.04. The second-order valence-corrected chi connectivity index (χ2v) is 7.48. The van der Waals surface area contributed by atoms with Crippen molar-refractivity contribution in [1.29, 1.82) is 0 Å². The summed E-state index contributed by atoms with van der Waals surface area (Å²) in [5, 5.41) is 0.655. The molecule has 136 valence electrons. The highest BCUT2D eigenvalue weighted by Crippen LogP contribution is 2.38. The number of rotatable bonds is 4. The normalized spacial score (nSPS) is 11.1. The molecule has 0 fully saturated rings. The fraction of sp³-hybridized carbons (Fsp3) is 0.182. The van der Waals surface area contributed by atoms with Gasteiger partial charge in [-0.05, 0) is 36.6 Å². The summed E-state index contributed by atoms with van der Waals surface area (Å²) in [6, 6.07) is 15.8. The summed E-state index contributed by atoms with van der Waals surface area (Å²) in [6.45, 7) is 4.12. The number of nitrogens with one attached hydrogen (secondary N) is 1. The minimum absolute atomic E-state index is 0.105. The molecule has 0 saturated heterocycles. The topological polar surface area (TPSA) is 55.0 Å². The molecule has 2 aromatic carbocycles. The zero-order valence-corrected chi connectivity index (χ0v) is 16.3. The standard InChI is InChI=1S/C22H20N2O2S/c1-4-17-18(14-9-7-10-15(12-14)26-3)19-21(25)23-20(24-22(19)27-17)16-11-6-5-8-13(16)2/h5-12H,4H2,1-3H3,(H,23,24,25). The van der Waals surface area contributed by atoms with Crippen molar-refractivity contribution in [3.63, 3.8) is 0 Å². The van der Waals surface area contributed by atoms with Gasteiger partial charge in [0.25, 0.3) is 5.56 Å². The van der Waals surface area contributed by atoms with Gasteiger partial charge in [-0.25, -0.2) is 4.98 Å². The van der Waals surface area contributed by atoms with Gasteiger partial charge in [0.2, 0.25) is 0 Å². The molecular weight excluding hydrogens is 356 g/mol. The average molecular weight is 376 g/mol. The van der Waals surface area contributed by atoms with Crippen LogP contribution in [0.2, 0.25) is 0 Å². The molecule has 0 aliphatic rings. The number of H-pyrrole nitrogens is 1. The smallest absolute Gasteiger partial charge is 0.260 e. The Balaban J connectivity index is 1.99. The van der Waals surface area contributed by atoms with Crippen LogP contribution in [0.5, 0.6) is 5.75 Å². The number of aromatic amines is 1. The molecule has 0 saturated carbocycles. The van der Waals surface area contributed by atoms with Crippen molar-refractivity contribution >= 4 is 21.6 Å². The molecule has 0 spiro atoms. The molecule has 0 atom stereocenters. The van der Waals surface area contributed by atoms with Crippen LogP contribution >= 0.6 is 11.3 Å². The van der Waals surface area contributed by atoms with E-state index in [1.54, 1.807) is 18.4 Å². The van der Waals surface area contributed by atoms with Crippen LogP contribution in [0.25, 0.3) is 32.7 Å². The Bertz CT molecular complexity index is 1190. The van der Waals surface area contributed by atoms with E-state index >= 15 is 0 Å². The van der Waals surface area contributed by atoms with Gasteiger partial charge in [0.15, 0.2) is 0 Å². The first-order valence-corrected chi connectivity index (χ1v) is 9.70. The number of hydrogen-bond donors (Lipinski definition) is 1. The number of aryl methyl sites for hydroxylation is 2. The van der Waals surface area contributed by atoms with Crippen LogP contribution in [0.4, 0.5) is 0 Å². The number of aromatic nitrogens is 2. The van der Waals surface area contributed by atoms with E-state index in [-0.39, 0.29) is 5.56 Å². The van der Waals surface area contributed by atoms with Crippen molar-refractivity contribution in [3.05, 3.63) is 69.3 Å². The van der Waals surface area contributed by atoms with Gasteiger partial charge < -0.3 is 9.72 Å². The fourth-order valence-electron chi connectivity index (χ4n) is 3.35. The van der Waals surface area contributed by atoms with Crippen molar-refractivity contribution in [3.8, 4) is 28.3 Å². The first-order chi connectivity index (χ1) is 13.1. The highest BCUT2D eigenvalue weighted by atomic mass is 32.1. The largest absolute Gasteiger partial charge is 0.497 e. The van der Waals surface area contributed by atoms with Crippen LogP contribution in [0, 0.1) is 6.92 Å². The molecule has 0 aliphatic carbocycles. The van der Waals surface area contributed by atoms with E-state index in [0.717, 1.165) is 44.1 Å². The maximum Gasteiger partial charge on any atom is 0.260 e. The molecule has 27 heavy (non-hydrogen) atoms. The van der Waals surface area contributed by atoms with Gasteiger partial charge in [-0.2, -0.15) is 0 Å². The molecule has 4 nitrogen and oxygen atoms in total. The minimum atomic E-state index is -0.105. The lowest BCUT2D eigenvalue weighted by Gasteiger charge is -2.07. The second kappa shape index (κ2) is 7.00. The molecule has 0 amide bonds. The Morgan fingerprint density at radius 3 is 2.70 bits per heavy atom. The summed E-state index contributed by atoms with van der Waals surface area (Å²) >= 11 is 1.59. The number of nitrogens with zero attached hydrogens (tertiary/aromatic N) is 1. The van der Waals surface area contributed by atoms with Crippen molar-refractivity contribution in [2.24, 2.45) is 0 Å². The number of benzene rings is 2. The zero-order chi connectivity index (χ0) is 19.0. The Labute approximate surface area is 161 Å². The number of methoxy groups -OCH3 is 1. The lowest BCUT2D eigenvalue weighted by Crippen LogP contribution is -2.09. The molecule has 0 unspecified atom stereocenters. The maximum absolute atomic E-state index is 13.0. The summed E-state index contributed by atoms with van der Waals surface area (Å²) in [6.07, 6.45) is 0.840. The fourth-order valence-corrected chi connectivity index (χ4v) is 4.49. The van der Waals surface area contributed by atoms with E-state index < -0.39 is 0 Å². The number of fused-ring (bicyclic) bond motifs is 1. The molecule has 0 radical (unpaired) electrons. The molecule has 2 heterocycles. The first-order valence-electron chi connectivity index (χ1n) is 8.88. The summed E-state index contributed by atoms with van der Waals surface area (Å²) in [7, 11) is 1.65. The number of thiophene rings is 1. The average Bonchev–Trinajstić information content (AvgIpc) is 3.07. The quantitative estimate of drug-likeness (QED) is 0.533. The van der Waals surface area contributed by atoms with Crippen molar-refractivity contribution < 1.29 is 4.74 Å². The Morgan fingerprint density at radius 2 is 1.96 bits per heavy atom. The molecule has 0 bridgehead atoms. The summed E-state index contributed by atoms with van der Waals surface area (Å²) in [5.74, 6) is 1.39. The number of hydrogen-bond acceptors (Lipinski definition) is 4. The van der Waals surface area contributed by atoms with E-state index in [2.05, 4.69) is 11.9 Å². The molecule has 4 aromatic rings. The van der Waals surface area contributed by atoms with Crippen LogP contribution < -0.4 is 10.3 Å². The highest BCUT2D eigenvalue weighted by molar-refractivity contribution is 7.19. The summed E-state index contributed by atoms with van der Waals surface area (Å²) in [4.78, 5) is 22.8. The Kier molecular flexibility index (Phi) is 4.54. The van der Waals surface area contributed by atoms with Crippen LogP contribution in [-0.4, -0.2) is 17.1 Å². The molecule has 2 aromatic heterocycles. The number of ether oxygens (including phenoxy) is 1. The van der Waals surface area contributed by atoms with Gasteiger partial charge in [-0.1, -0.05) is 43.3 Å². The van der Waals surface area contributed by atoms with E-state index in [4.69, 9.17) is 9.72 Å². The van der Waals surface area contributed by atoms with Crippen molar-refractivity contribution in [2.75, 3.05) is 7.11 Å². The molecule has 5 heteroatoms. The van der Waals surface area contributed by atoms with Gasteiger partial charge in [0.05, 0.1) is 12.5 Å². The van der Waals surface area contributed by atoms with Gasteiger partial charge >= 0.3 is 0 Å². The van der Waals surface area contributed by atoms with Crippen LogP contribution in [-0.2, 0) is 6.42 Å². The molecule has 4 rings (SSSR count). The predicted molar refractivity (Wildman–Crippen MR) is 112 cm³/mol. The third-order valence-corrected chi connectivity index (χ3v) is 5.94. The van der Waals surface area contributed by atoms with E-state index in [9.17, 15) is 4.79 Å². The van der Waals surface area contributed by atoms with E-state index in [1.165, 1.54) is 0 Å². The second-order valence-electron chi connectivity index (χ2n) is 6.40. The first kappa shape index (κ1) is 17.5. The lowest BCUT2D eigenvalue weighted by atomic mass is 10.0. The maximum atomic E-state index is 13.0. The summed E-state index contributed by atoms with van der Waals surface area (Å²) < 4.78 is 5.36. The Hall–Kier alpha value is -2.92. The van der Waals surface area contributed by atoms with Gasteiger partial charge in [-0.15, -0.1) is 11.3 Å². The van der Waals surface area contributed by atoms with Crippen LogP contribution in [0.3, 0.4) is 0 Å². The van der Waals surface area contributed by atoms with Crippen molar-refractivity contribution in [2.45, 2.75) is 20.3 Å². The predicted octanol–water partition coefficient (Wildman–Crippen LogP) is 5.20. The third-order valence-electron chi connectivity index (χ3n) is 4.71. The monoisotopic (exact) mass is 376 g/mol. The molecule has 0 aliphatic heterocycles. The molecular formula is C22H20N2O2S. The van der Waals surface area contributed by atoms with E-state index in [0.29, 0.717) is 11.2 Å². The Morgan fingerprint density at radius 1 is 1.15 bits per heavy atom. The van der Waals surface area contributed by atoms with Gasteiger partial charge in [-0.3, -0.25) is 4.79 Å². The molecule has 1 N–H and O–H groups in total. The lowest BCUT2D eigenvalue weighted by molar-refractivity contribution is 0.415. The van der Waals surface area contributed by atoms with Crippen LogP contribution in [0.15, 0.2) is 53.3 Å².